The fourth-order valence-corrected chi connectivity index (χ4v) is 6.64. The molecule has 2 aromatic carbocycles. The second-order valence-electron chi connectivity index (χ2n) is 16.9. The van der Waals surface area contributed by atoms with Gasteiger partial charge in [-0.05, 0) is 79.3 Å². The zero-order chi connectivity index (χ0) is 41.0. The van der Waals surface area contributed by atoms with Crippen LogP contribution in [0, 0.1) is 5.41 Å². The first-order valence-electron chi connectivity index (χ1n) is 16.6. The second kappa shape index (κ2) is 17.6. The molecule has 0 saturated heterocycles. The zero-order valence-corrected chi connectivity index (χ0v) is 34.7. The molecular formula is C37H60O13P2. The molecule has 0 saturated carbocycles. The molecule has 0 aliphatic rings. The number of carbonyl (C=O) groups excluding carboxylic acids is 2. The topological polar surface area (TPSA) is 224 Å². The van der Waals surface area contributed by atoms with Gasteiger partial charge in [0.15, 0.2) is 0 Å². The van der Waals surface area contributed by atoms with Crippen LogP contribution in [-0.4, -0.2) is 86.0 Å². The summed E-state index contributed by atoms with van der Waals surface area (Å²) in [6.45, 7) is 21.1. The highest BCUT2D eigenvalue weighted by atomic mass is 31.2. The smallest absolute Gasteiger partial charge is 0.337 e. The number of methoxy groups -OCH3 is 2. The van der Waals surface area contributed by atoms with E-state index in [9.17, 15) is 30.0 Å². The average molecular weight is 775 g/mol. The van der Waals surface area contributed by atoms with Crippen LogP contribution in [0.1, 0.15) is 137 Å². The normalized spacial score (nSPS) is 13.2. The van der Waals surface area contributed by atoms with Gasteiger partial charge in [-0.2, -0.15) is 0 Å². The largest absolute Gasteiger partial charge is 0.465 e. The summed E-state index contributed by atoms with van der Waals surface area (Å²) in [5.74, 6) is -1.10. The quantitative estimate of drug-likeness (QED) is 0.117. The van der Waals surface area contributed by atoms with Crippen LogP contribution in [0.5, 0.6) is 0 Å². The summed E-state index contributed by atoms with van der Waals surface area (Å²) in [7, 11) is -2.61. The van der Waals surface area contributed by atoms with Gasteiger partial charge in [0.05, 0.1) is 50.6 Å². The molecule has 0 unspecified atom stereocenters. The fourth-order valence-electron chi connectivity index (χ4n) is 6.12. The van der Waals surface area contributed by atoms with Gasteiger partial charge in [0, 0.05) is 0 Å². The van der Waals surface area contributed by atoms with Crippen molar-refractivity contribution in [2.24, 2.45) is 5.41 Å². The van der Waals surface area contributed by atoms with Gasteiger partial charge in [0.1, 0.15) is 5.60 Å². The number of hydrogen-bond acceptors (Lipinski definition) is 13. The van der Waals surface area contributed by atoms with Crippen molar-refractivity contribution in [3.8, 4) is 0 Å². The maximum absolute atomic E-state index is 13.9. The number of rotatable bonds is 10. The average Bonchev–Trinajstić information content (AvgIpc) is 3.01. The lowest BCUT2D eigenvalue weighted by Gasteiger charge is -2.51. The van der Waals surface area contributed by atoms with E-state index in [2.05, 4.69) is 4.31 Å². The van der Waals surface area contributed by atoms with E-state index in [1.54, 1.807) is 24.3 Å². The van der Waals surface area contributed by atoms with Crippen molar-refractivity contribution in [2.75, 3.05) is 34.0 Å². The van der Waals surface area contributed by atoms with Crippen LogP contribution in [0.25, 0.3) is 0 Å². The Morgan fingerprint density at radius 2 is 0.769 bits per heavy atom. The third-order valence-electron chi connectivity index (χ3n) is 8.90. The lowest BCUT2D eigenvalue weighted by Crippen LogP contribution is -2.57. The van der Waals surface area contributed by atoms with E-state index in [0.29, 0.717) is 33.4 Å². The minimum absolute atomic E-state index is 0.286. The summed E-state index contributed by atoms with van der Waals surface area (Å²) in [5, 5.41) is 47.3. The van der Waals surface area contributed by atoms with E-state index in [0.717, 1.165) is 0 Å². The maximum Gasteiger partial charge on any atom is 0.337 e. The molecule has 0 spiro atoms. The van der Waals surface area contributed by atoms with Gasteiger partial charge in [0.2, 0.25) is 0 Å². The van der Waals surface area contributed by atoms with E-state index in [1.165, 1.54) is 14.2 Å². The monoisotopic (exact) mass is 774 g/mol. The molecule has 2 rings (SSSR count). The summed E-state index contributed by atoms with van der Waals surface area (Å²) >= 11 is 0. The molecule has 0 bridgehead atoms. The molecule has 0 atom stereocenters. The summed E-state index contributed by atoms with van der Waals surface area (Å²) in [4.78, 5) is 57.3. The van der Waals surface area contributed by atoms with Crippen molar-refractivity contribution in [1.29, 1.82) is 0 Å². The van der Waals surface area contributed by atoms with Crippen LogP contribution in [0.4, 0.5) is 0 Å². The molecule has 0 aliphatic carbocycles. The molecule has 0 heterocycles. The summed E-state index contributed by atoms with van der Waals surface area (Å²) in [5.41, 5.74) is -3.30. The standard InChI is InChI=1S/C37H56O8.H4O5P2/c1-32(2,3)24-15-22(30(41)44-13)16-25(33(4,5)6)28(24)37(43,36(19-38,20-39)21-40)29-26(34(7,8)9)17-23(31(42)45-14)18-27(29)35(10,11)12;1-6(2)5-7(3)4/h15-18,38-40,43H,19-21H2,1-14H3;1-4H. The van der Waals surface area contributed by atoms with E-state index in [1.807, 2.05) is 83.1 Å². The highest BCUT2D eigenvalue weighted by molar-refractivity contribution is 7.53. The molecule has 2 aromatic rings. The SMILES string of the molecule is COC(=O)c1cc(C(C)(C)C)c(C(O)(c2c(C(C)(C)C)cc(C(=O)OC)cc2C(C)(C)C)C(CO)(CO)CO)c(C(C)(C)C)c1.OP(O)OP(O)O. The molecule has 0 amide bonds. The van der Waals surface area contributed by atoms with Gasteiger partial charge >= 0.3 is 29.1 Å². The minimum Gasteiger partial charge on any atom is -0.465 e. The first-order valence-corrected chi connectivity index (χ1v) is 18.9. The second-order valence-corrected chi connectivity index (χ2v) is 18.6. The van der Waals surface area contributed by atoms with Gasteiger partial charge < -0.3 is 49.5 Å². The first kappa shape index (κ1) is 47.9. The van der Waals surface area contributed by atoms with Crippen molar-refractivity contribution in [3.63, 3.8) is 0 Å². The Labute approximate surface area is 310 Å². The van der Waals surface area contributed by atoms with Crippen molar-refractivity contribution in [1.82, 2.24) is 0 Å². The van der Waals surface area contributed by atoms with Crippen LogP contribution < -0.4 is 0 Å². The molecule has 0 aromatic heterocycles. The number of esters is 2. The Hall–Kier alpha value is -2.12. The fraction of sp³-hybridized carbons (Fsp3) is 0.622. The number of benzene rings is 2. The molecular weight excluding hydrogens is 714 g/mol. The molecule has 15 heteroatoms. The van der Waals surface area contributed by atoms with E-state index < -0.39 is 81.6 Å². The lowest BCUT2D eigenvalue weighted by molar-refractivity contribution is -0.138. The zero-order valence-electron chi connectivity index (χ0n) is 32.9. The Bertz CT molecular complexity index is 1360. The van der Waals surface area contributed by atoms with Crippen molar-refractivity contribution in [3.05, 3.63) is 68.8 Å². The van der Waals surface area contributed by atoms with Gasteiger partial charge in [-0.3, -0.25) is 0 Å². The Balaban J connectivity index is 0.00000174. The van der Waals surface area contributed by atoms with E-state index in [-0.39, 0.29) is 11.1 Å². The molecule has 0 radical (unpaired) electrons. The lowest BCUT2D eigenvalue weighted by atomic mass is 9.56. The minimum atomic E-state index is -2.61. The number of ether oxygens (including phenoxy) is 2. The number of carbonyl (C=O) groups is 2. The first-order chi connectivity index (χ1) is 23.4. The van der Waals surface area contributed by atoms with Crippen molar-refractivity contribution in [2.45, 2.75) is 110 Å². The predicted octanol–water partition coefficient (Wildman–Crippen LogP) is 5.08. The van der Waals surface area contributed by atoms with E-state index >= 15 is 0 Å². The highest BCUT2D eigenvalue weighted by Crippen LogP contribution is 2.56. The third kappa shape index (κ3) is 10.5. The Morgan fingerprint density at radius 1 is 0.538 bits per heavy atom. The van der Waals surface area contributed by atoms with E-state index in [4.69, 9.17) is 29.0 Å². The molecule has 8 N–H and O–H groups in total. The summed E-state index contributed by atoms with van der Waals surface area (Å²) < 4.78 is 13.8. The number of aliphatic hydroxyl groups excluding tert-OH is 3. The predicted molar refractivity (Wildman–Crippen MR) is 201 cm³/mol. The summed E-state index contributed by atoms with van der Waals surface area (Å²) in [6, 6.07) is 6.76. The summed E-state index contributed by atoms with van der Waals surface area (Å²) in [6.07, 6.45) is 0. The number of aliphatic hydroxyl groups is 4. The van der Waals surface area contributed by atoms with Crippen LogP contribution in [0.15, 0.2) is 24.3 Å². The molecule has 0 fully saturated rings. The van der Waals surface area contributed by atoms with Crippen LogP contribution in [-0.2, 0) is 41.0 Å². The molecule has 0 aliphatic heterocycles. The van der Waals surface area contributed by atoms with Crippen molar-refractivity contribution < 1.29 is 63.4 Å². The van der Waals surface area contributed by atoms with Gasteiger partial charge in [-0.15, -0.1) is 0 Å². The Kier molecular flexibility index (Phi) is 16.2. The number of hydrogen-bond donors (Lipinski definition) is 8. The maximum atomic E-state index is 13.9. The van der Waals surface area contributed by atoms with Crippen LogP contribution in [0.2, 0.25) is 0 Å². The van der Waals surface area contributed by atoms with Crippen LogP contribution >= 0.6 is 17.2 Å². The van der Waals surface area contributed by atoms with Crippen LogP contribution in [0.3, 0.4) is 0 Å². The van der Waals surface area contributed by atoms with Crippen molar-refractivity contribution >= 4 is 29.1 Å². The molecule has 296 valence electrons. The highest BCUT2D eigenvalue weighted by Gasteiger charge is 2.58. The van der Waals surface area contributed by atoms with Gasteiger partial charge in [0.25, 0.3) is 0 Å². The van der Waals surface area contributed by atoms with Gasteiger partial charge in [-0.1, -0.05) is 83.1 Å². The molecule has 52 heavy (non-hydrogen) atoms. The molecule has 13 nitrogen and oxygen atoms in total. The van der Waals surface area contributed by atoms with Gasteiger partial charge in [-0.25, -0.2) is 13.9 Å². The Morgan fingerprint density at radius 3 is 0.904 bits per heavy atom. The third-order valence-corrected chi connectivity index (χ3v) is 10.1.